The molecule has 2 rings (SSSR count). The van der Waals surface area contributed by atoms with Crippen molar-refractivity contribution in [2.75, 3.05) is 13.7 Å². The van der Waals surface area contributed by atoms with Crippen LogP contribution in [-0.2, 0) is 6.54 Å². The van der Waals surface area contributed by atoms with Gasteiger partial charge in [0, 0.05) is 18.1 Å². The van der Waals surface area contributed by atoms with Crippen molar-refractivity contribution in [3.8, 4) is 5.75 Å². The lowest BCUT2D eigenvalue weighted by Gasteiger charge is -2.21. The van der Waals surface area contributed by atoms with Crippen molar-refractivity contribution in [1.29, 1.82) is 0 Å². The molecule has 1 aromatic heterocycles. The molecule has 2 aromatic rings. The van der Waals surface area contributed by atoms with Crippen LogP contribution in [0.5, 0.6) is 5.75 Å². The van der Waals surface area contributed by atoms with Gasteiger partial charge in [0.1, 0.15) is 11.6 Å². The van der Waals surface area contributed by atoms with Gasteiger partial charge in [-0.15, -0.1) is 11.3 Å². The van der Waals surface area contributed by atoms with E-state index >= 15 is 0 Å². The number of rotatable bonds is 6. The molecule has 2 amide bonds. The number of ether oxygens (including phenoxy) is 1. The van der Waals surface area contributed by atoms with E-state index in [0.29, 0.717) is 6.54 Å². The first-order valence-electron chi connectivity index (χ1n) is 7.25. The number of amides is 2. The molecule has 0 bridgehead atoms. The van der Waals surface area contributed by atoms with Crippen molar-refractivity contribution >= 4 is 17.4 Å². The van der Waals surface area contributed by atoms with E-state index in [1.165, 1.54) is 17.4 Å². The molecular formula is C16H20FN3O2S. The van der Waals surface area contributed by atoms with Crippen molar-refractivity contribution in [2.24, 2.45) is 0 Å². The standard InChI is InChI=1S/C16H20FN3O2S/c1-11(9-22-14-7-5-4-6-13(14)17)19-16(21)20(3)8-15-18-12(2)10-23-15/h4-7,10-11H,8-9H2,1-3H3,(H,19,21). The Hall–Kier alpha value is -2.15. The van der Waals surface area contributed by atoms with Crippen LogP contribution in [0.4, 0.5) is 9.18 Å². The molecule has 1 atom stereocenters. The van der Waals surface area contributed by atoms with Gasteiger partial charge in [0.15, 0.2) is 11.6 Å². The number of aryl methyl sites for hydroxylation is 1. The van der Waals surface area contributed by atoms with Gasteiger partial charge < -0.3 is 15.0 Å². The average Bonchev–Trinajstić information content (AvgIpc) is 2.91. The summed E-state index contributed by atoms with van der Waals surface area (Å²) in [5.41, 5.74) is 0.950. The first kappa shape index (κ1) is 17.2. The molecule has 124 valence electrons. The summed E-state index contributed by atoms with van der Waals surface area (Å²) in [4.78, 5) is 18.0. The van der Waals surface area contributed by atoms with Gasteiger partial charge in [-0.2, -0.15) is 0 Å². The van der Waals surface area contributed by atoms with Gasteiger partial charge in [-0.1, -0.05) is 12.1 Å². The normalized spacial score (nSPS) is 11.8. The number of nitrogens with zero attached hydrogens (tertiary/aromatic N) is 2. The van der Waals surface area contributed by atoms with Crippen LogP contribution in [0.1, 0.15) is 17.6 Å². The molecule has 0 aliphatic heterocycles. The van der Waals surface area contributed by atoms with Gasteiger partial charge in [0.25, 0.3) is 0 Å². The molecule has 5 nitrogen and oxygen atoms in total. The quantitative estimate of drug-likeness (QED) is 0.881. The molecule has 0 spiro atoms. The molecule has 1 aromatic carbocycles. The number of hydrogen-bond acceptors (Lipinski definition) is 4. The number of para-hydroxylation sites is 1. The Morgan fingerprint density at radius 3 is 2.87 bits per heavy atom. The van der Waals surface area contributed by atoms with Crippen LogP contribution in [0.3, 0.4) is 0 Å². The van der Waals surface area contributed by atoms with E-state index in [2.05, 4.69) is 10.3 Å². The summed E-state index contributed by atoms with van der Waals surface area (Å²) < 4.78 is 18.8. The molecule has 1 unspecified atom stereocenters. The minimum absolute atomic E-state index is 0.181. The lowest BCUT2D eigenvalue weighted by molar-refractivity contribution is 0.194. The molecule has 0 aliphatic rings. The Morgan fingerprint density at radius 2 is 2.22 bits per heavy atom. The van der Waals surface area contributed by atoms with E-state index < -0.39 is 5.82 Å². The van der Waals surface area contributed by atoms with Gasteiger partial charge in [0.05, 0.1) is 12.6 Å². The van der Waals surface area contributed by atoms with Crippen molar-refractivity contribution in [3.63, 3.8) is 0 Å². The molecule has 0 saturated carbocycles. The summed E-state index contributed by atoms with van der Waals surface area (Å²) in [6.07, 6.45) is 0. The summed E-state index contributed by atoms with van der Waals surface area (Å²) >= 11 is 1.52. The average molecular weight is 337 g/mol. The van der Waals surface area contributed by atoms with Gasteiger partial charge in [-0.3, -0.25) is 0 Å². The Labute approximate surface area is 139 Å². The molecular weight excluding hydrogens is 317 g/mol. The van der Waals surface area contributed by atoms with Crippen LogP contribution >= 0.6 is 11.3 Å². The third kappa shape index (κ3) is 5.21. The largest absolute Gasteiger partial charge is 0.488 e. The minimum Gasteiger partial charge on any atom is -0.488 e. The molecule has 0 saturated heterocycles. The summed E-state index contributed by atoms with van der Waals surface area (Å²) in [5, 5.41) is 5.65. The number of benzene rings is 1. The van der Waals surface area contributed by atoms with Crippen LogP contribution in [0.2, 0.25) is 0 Å². The van der Waals surface area contributed by atoms with Crippen molar-refractivity contribution in [3.05, 3.63) is 46.2 Å². The van der Waals surface area contributed by atoms with Gasteiger partial charge >= 0.3 is 6.03 Å². The first-order valence-corrected chi connectivity index (χ1v) is 8.13. The SMILES string of the molecule is Cc1csc(CN(C)C(=O)NC(C)COc2ccccc2F)n1. The highest BCUT2D eigenvalue weighted by molar-refractivity contribution is 7.09. The number of aromatic nitrogens is 1. The van der Waals surface area contributed by atoms with Crippen molar-refractivity contribution in [2.45, 2.75) is 26.4 Å². The highest BCUT2D eigenvalue weighted by Gasteiger charge is 2.14. The summed E-state index contributed by atoms with van der Waals surface area (Å²) in [6.45, 7) is 4.37. The lowest BCUT2D eigenvalue weighted by Crippen LogP contribution is -2.43. The van der Waals surface area contributed by atoms with Crippen LogP contribution < -0.4 is 10.1 Å². The number of nitrogens with one attached hydrogen (secondary N) is 1. The summed E-state index contributed by atoms with van der Waals surface area (Å²) in [5.74, 6) is -0.234. The molecule has 7 heteroatoms. The number of urea groups is 1. The van der Waals surface area contributed by atoms with Gasteiger partial charge in [-0.05, 0) is 26.0 Å². The van der Waals surface area contributed by atoms with Crippen molar-refractivity contribution < 1.29 is 13.9 Å². The van der Waals surface area contributed by atoms with Crippen LogP contribution in [0.25, 0.3) is 0 Å². The van der Waals surface area contributed by atoms with Crippen LogP contribution in [-0.4, -0.2) is 35.6 Å². The van der Waals surface area contributed by atoms with E-state index in [4.69, 9.17) is 4.74 Å². The monoisotopic (exact) mass is 337 g/mol. The number of carbonyl (C=O) groups excluding carboxylic acids is 1. The maximum Gasteiger partial charge on any atom is 0.317 e. The van der Waals surface area contributed by atoms with Crippen LogP contribution in [0, 0.1) is 12.7 Å². The molecule has 0 radical (unpaired) electrons. The predicted octanol–water partition coefficient (Wildman–Crippen LogP) is 3.20. The van der Waals surface area contributed by atoms with E-state index in [1.54, 1.807) is 37.1 Å². The third-order valence-electron chi connectivity index (χ3n) is 3.08. The fourth-order valence-electron chi connectivity index (χ4n) is 1.89. The molecule has 23 heavy (non-hydrogen) atoms. The second kappa shape index (κ2) is 7.92. The smallest absolute Gasteiger partial charge is 0.317 e. The second-order valence-electron chi connectivity index (χ2n) is 5.33. The Bertz CT molecular complexity index is 662. The fraction of sp³-hybridized carbons (Fsp3) is 0.375. The Kier molecular flexibility index (Phi) is 5.92. The zero-order valence-corrected chi connectivity index (χ0v) is 14.2. The van der Waals surface area contributed by atoms with Crippen molar-refractivity contribution in [1.82, 2.24) is 15.2 Å². The molecule has 1 N–H and O–H groups in total. The molecule has 1 heterocycles. The van der Waals surface area contributed by atoms with E-state index in [9.17, 15) is 9.18 Å². The Morgan fingerprint density at radius 1 is 1.48 bits per heavy atom. The highest BCUT2D eigenvalue weighted by atomic mass is 32.1. The summed E-state index contributed by atoms with van der Waals surface area (Å²) in [7, 11) is 1.70. The maximum absolute atomic E-state index is 13.4. The first-order chi connectivity index (χ1) is 11.0. The minimum atomic E-state index is -0.415. The lowest BCUT2D eigenvalue weighted by atomic mass is 10.3. The third-order valence-corrected chi connectivity index (χ3v) is 4.03. The molecule has 0 aliphatic carbocycles. The van der Waals surface area contributed by atoms with E-state index in [0.717, 1.165) is 10.7 Å². The number of carbonyl (C=O) groups is 1. The zero-order valence-electron chi connectivity index (χ0n) is 13.4. The topological polar surface area (TPSA) is 54.5 Å². The fourth-order valence-corrected chi connectivity index (χ4v) is 2.71. The Balaban J connectivity index is 1.78. The van der Waals surface area contributed by atoms with E-state index in [-0.39, 0.29) is 24.4 Å². The predicted molar refractivity (Wildman–Crippen MR) is 88.2 cm³/mol. The second-order valence-corrected chi connectivity index (χ2v) is 6.27. The van der Waals surface area contributed by atoms with Gasteiger partial charge in [-0.25, -0.2) is 14.2 Å². The van der Waals surface area contributed by atoms with Crippen LogP contribution in [0.15, 0.2) is 29.6 Å². The number of thiazole rings is 1. The summed E-state index contributed by atoms with van der Waals surface area (Å²) in [6, 6.07) is 5.72. The molecule has 0 fully saturated rings. The van der Waals surface area contributed by atoms with E-state index in [1.807, 2.05) is 12.3 Å². The highest BCUT2D eigenvalue weighted by Crippen LogP contribution is 2.15. The number of halogens is 1. The maximum atomic E-state index is 13.4. The van der Waals surface area contributed by atoms with Gasteiger partial charge in [0.2, 0.25) is 0 Å². The zero-order chi connectivity index (χ0) is 16.8. The number of hydrogen-bond donors (Lipinski definition) is 1.